The molecule has 1 fully saturated rings. The van der Waals surface area contributed by atoms with Crippen LogP contribution in [-0.2, 0) is 9.53 Å². The molecule has 0 bridgehead atoms. The van der Waals surface area contributed by atoms with Gasteiger partial charge in [-0.2, -0.15) is 0 Å². The van der Waals surface area contributed by atoms with Gasteiger partial charge in [-0.1, -0.05) is 36.4 Å². The second-order valence-electron chi connectivity index (χ2n) is 6.30. The minimum atomic E-state index is -0.406. The molecule has 3 rings (SSSR count). The Hall–Kier alpha value is -2.70. The molecule has 2 aromatic rings. The zero-order valence-corrected chi connectivity index (χ0v) is 14.5. The van der Waals surface area contributed by atoms with Gasteiger partial charge in [-0.25, -0.2) is 0 Å². The number of ether oxygens (including phenoxy) is 1. The molecule has 26 heavy (non-hydrogen) atoms. The third kappa shape index (κ3) is 4.68. The smallest absolute Gasteiger partial charge is 0.253 e. The van der Waals surface area contributed by atoms with Crippen molar-refractivity contribution in [2.24, 2.45) is 5.73 Å². The Morgan fingerprint density at radius 3 is 2.69 bits per heavy atom. The molecule has 4 N–H and O–H groups in total. The van der Waals surface area contributed by atoms with Crippen LogP contribution in [0.1, 0.15) is 34.8 Å². The lowest BCUT2D eigenvalue weighted by Crippen LogP contribution is -2.32. The number of benzene rings is 2. The minimum absolute atomic E-state index is 0.175. The molecule has 136 valence electrons. The Bertz CT molecular complexity index is 758. The van der Waals surface area contributed by atoms with Crippen molar-refractivity contribution in [3.05, 3.63) is 65.7 Å². The molecular weight excluding hydrogens is 330 g/mol. The van der Waals surface area contributed by atoms with E-state index in [0.717, 1.165) is 18.4 Å². The number of nitrogens with two attached hydrogens (primary N) is 1. The lowest BCUT2D eigenvalue weighted by Gasteiger charge is -2.14. The lowest BCUT2D eigenvalue weighted by molar-refractivity contribution is -0.124. The molecule has 0 saturated carbocycles. The Morgan fingerprint density at radius 1 is 1.15 bits per heavy atom. The fourth-order valence-corrected chi connectivity index (χ4v) is 2.87. The van der Waals surface area contributed by atoms with Crippen molar-refractivity contribution in [2.45, 2.75) is 25.0 Å². The predicted molar refractivity (Wildman–Crippen MR) is 99.7 cm³/mol. The highest BCUT2D eigenvalue weighted by atomic mass is 16.5. The molecule has 0 aromatic heterocycles. The van der Waals surface area contributed by atoms with Gasteiger partial charge in [0.15, 0.2) is 0 Å². The maximum absolute atomic E-state index is 12.4. The van der Waals surface area contributed by atoms with Crippen LogP contribution in [0, 0.1) is 0 Å². The van der Waals surface area contributed by atoms with Crippen LogP contribution in [0.25, 0.3) is 0 Å². The molecule has 1 saturated heterocycles. The number of hydrogen-bond acceptors (Lipinski definition) is 4. The van der Waals surface area contributed by atoms with Crippen LogP contribution in [0.2, 0.25) is 0 Å². The molecule has 0 radical (unpaired) electrons. The van der Waals surface area contributed by atoms with E-state index in [1.807, 2.05) is 30.3 Å². The summed E-state index contributed by atoms with van der Waals surface area (Å²) in [6.45, 7) is 0.942. The van der Waals surface area contributed by atoms with Crippen molar-refractivity contribution >= 4 is 17.5 Å². The highest BCUT2D eigenvalue weighted by Gasteiger charge is 2.23. The third-order valence-electron chi connectivity index (χ3n) is 4.32. The number of carbonyl (C=O) groups excluding carboxylic acids is 2. The SMILES string of the molecule is NC(CNC(=O)c1cccc(NC(=O)C2CCCO2)c1)c1ccccc1. The van der Waals surface area contributed by atoms with Crippen LogP contribution in [0.4, 0.5) is 5.69 Å². The maximum Gasteiger partial charge on any atom is 0.253 e. The molecule has 0 spiro atoms. The predicted octanol–water partition coefficient (Wildman–Crippen LogP) is 2.23. The van der Waals surface area contributed by atoms with Crippen LogP contribution in [0.3, 0.4) is 0 Å². The molecular formula is C20H23N3O3. The first kappa shape index (κ1) is 18.1. The number of rotatable bonds is 6. The number of carbonyl (C=O) groups is 2. The largest absolute Gasteiger partial charge is 0.368 e. The number of nitrogens with one attached hydrogen (secondary N) is 2. The number of anilines is 1. The van der Waals surface area contributed by atoms with Gasteiger partial charge >= 0.3 is 0 Å². The van der Waals surface area contributed by atoms with Gasteiger partial charge in [0.2, 0.25) is 0 Å². The average Bonchev–Trinajstić information content (AvgIpc) is 3.22. The van der Waals surface area contributed by atoms with Crippen LogP contribution >= 0.6 is 0 Å². The van der Waals surface area contributed by atoms with Crippen LogP contribution in [-0.4, -0.2) is 31.1 Å². The molecule has 2 amide bonds. The van der Waals surface area contributed by atoms with Crippen LogP contribution < -0.4 is 16.4 Å². The van der Waals surface area contributed by atoms with Gasteiger partial charge in [0.05, 0.1) is 0 Å². The standard InChI is InChI=1S/C20H23N3O3/c21-17(14-6-2-1-3-7-14)13-22-19(24)15-8-4-9-16(12-15)23-20(25)18-10-5-11-26-18/h1-4,6-9,12,17-18H,5,10-11,13,21H2,(H,22,24)(H,23,25). The highest BCUT2D eigenvalue weighted by molar-refractivity contribution is 5.98. The van der Waals surface area contributed by atoms with E-state index in [1.165, 1.54) is 0 Å². The monoisotopic (exact) mass is 353 g/mol. The zero-order chi connectivity index (χ0) is 18.4. The zero-order valence-electron chi connectivity index (χ0n) is 14.5. The van der Waals surface area contributed by atoms with E-state index in [-0.39, 0.29) is 17.9 Å². The summed E-state index contributed by atoms with van der Waals surface area (Å²) in [7, 11) is 0. The molecule has 0 aliphatic carbocycles. The van der Waals surface area contributed by atoms with E-state index in [4.69, 9.17) is 10.5 Å². The number of hydrogen-bond donors (Lipinski definition) is 3. The van der Waals surface area contributed by atoms with Crippen molar-refractivity contribution in [1.82, 2.24) is 5.32 Å². The first-order chi connectivity index (χ1) is 12.6. The van der Waals surface area contributed by atoms with Gasteiger partial charge in [-0.15, -0.1) is 0 Å². The van der Waals surface area contributed by atoms with Gasteiger partial charge in [0.25, 0.3) is 11.8 Å². The molecule has 2 unspecified atom stereocenters. The molecule has 1 heterocycles. The van der Waals surface area contributed by atoms with E-state index in [2.05, 4.69) is 10.6 Å². The summed E-state index contributed by atoms with van der Waals surface area (Å²) in [4.78, 5) is 24.5. The van der Waals surface area contributed by atoms with E-state index < -0.39 is 6.10 Å². The van der Waals surface area contributed by atoms with E-state index in [9.17, 15) is 9.59 Å². The normalized spacial score (nSPS) is 17.5. The van der Waals surface area contributed by atoms with Crippen molar-refractivity contribution < 1.29 is 14.3 Å². The summed E-state index contributed by atoms with van der Waals surface area (Å²) in [6.07, 6.45) is 1.21. The van der Waals surface area contributed by atoms with Gasteiger partial charge in [0, 0.05) is 30.4 Å². The van der Waals surface area contributed by atoms with Crippen LogP contribution in [0.5, 0.6) is 0 Å². The number of amides is 2. The molecule has 2 atom stereocenters. The summed E-state index contributed by atoms with van der Waals surface area (Å²) in [6, 6.07) is 16.2. The van der Waals surface area contributed by atoms with Gasteiger partial charge in [0.1, 0.15) is 6.10 Å². The first-order valence-electron chi connectivity index (χ1n) is 8.75. The summed E-state index contributed by atoms with van der Waals surface area (Å²) in [5.41, 5.74) is 8.11. The molecule has 6 heteroatoms. The third-order valence-corrected chi connectivity index (χ3v) is 4.32. The Morgan fingerprint density at radius 2 is 1.96 bits per heavy atom. The van der Waals surface area contributed by atoms with Crippen molar-refractivity contribution in [3.63, 3.8) is 0 Å². The maximum atomic E-state index is 12.4. The van der Waals surface area contributed by atoms with Gasteiger partial charge < -0.3 is 21.1 Å². The van der Waals surface area contributed by atoms with E-state index in [0.29, 0.717) is 24.4 Å². The average molecular weight is 353 g/mol. The fourth-order valence-electron chi connectivity index (χ4n) is 2.87. The summed E-state index contributed by atoms with van der Waals surface area (Å²) >= 11 is 0. The summed E-state index contributed by atoms with van der Waals surface area (Å²) in [5.74, 6) is -0.407. The van der Waals surface area contributed by atoms with Gasteiger partial charge in [-0.05, 0) is 36.6 Å². The topological polar surface area (TPSA) is 93.5 Å². The van der Waals surface area contributed by atoms with Crippen molar-refractivity contribution in [3.8, 4) is 0 Å². The molecule has 1 aliphatic heterocycles. The molecule has 2 aromatic carbocycles. The summed E-state index contributed by atoms with van der Waals surface area (Å²) in [5, 5.41) is 5.63. The van der Waals surface area contributed by atoms with Crippen molar-refractivity contribution in [2.75, 3.05) is 18.5 Å². The van der Waals surface area contributed by atoms with E-state index >= 15 is 0 Å². The lowest BCUT2D eigenvalue weighted by atomic mass is 10.1. The second-order valence-corrected chi connectivity index (χ2v) is 6.30. The van der Waals surface area contributed by atoms with Crippen molar-refractivity contribution in [1.29, 1.82) is 0 Å². The van der Waals surface area contributed by atoms with Crippen LogP contribution in [0.15, 0.2) is 54.6 Å². The first-order valence-corrected chi connectivity index (χ1v) is 8.75. The fraction of sp³-hybridized carbons (Fsp3) is 0.300. The molecule has 1 aliphatic rings. The quantitative estimate of drug-likeness (QED) is 0.742. The summed E-state index contributed by atoms with van der Waals surface area (Å²) < 4.78 is 5.37. The van der Waals surface area contributed by atoms with E-state index in [1.54, 1.807) is 24.3 Å². The van der Waals surface area contributed by atoms with Gasteiger partial charge in [-0.3, -0.25) is 9.59 Å². The Balaban J connectivity index is 1.56. The minimum Gasteiger partial charge on any atom is -0.368 e. The Labute approximate surface area is 152 Å². The highest BCUT2D eigenvalue weighted by Crippen LogP contribution is 2.16. The Kier molecular flexibility index (Phi) is 5.99. The second kappa shape index (κ2) is 8.60. The molecule has 6 nitrogen and oxygen atoms in total.